The number of ether oxygens (including phenoxy) is 2. The number of esters is 1. The third-order valence-electron chi connectivity index (χ3n) is 3.65. The van der Waals surface area contributed by atoms with E-state index >= 15 is 0 Å². The normalized spacial score (nSPS) is 15.8. The third-order valence-corrected chi connectivity index (χ3v) is 3.65. The Kier molecular flexibility index (Phi) is 3.35. The Hall–Kier alpha value is -1.84. The molecule has 1 aromatic carbocycles. The van der Waals surface area contributed by atoms with Crippen molar-refractivity contribution in [1.82, 2.24) is 0 Å². The van der Waals surface area contributed by atoms with E-state index in [0.717, 1.165) is 11.1 Å². The summed E-state index contributed by atoms with van der Waals surface area (Å²) in [6.45, 7) is 3.80. The van der Waals surface area contributed by atoms with Crippen LogP contribution in [0.2, 0.25) is 0 Å². The first-order chi connectivity index (χ1) is 8.96. The van der Waals surface area contributed by atoms with Crippen molar-refractivity contribution in [3.05, 3.63) is 28.8 Å². The zero-order chi connectivity index (χ0) is 14.2. The van der Waals surface area contributed by atoms with Crippen molar-refractivity contribution in [3.63, 3.8) is 0 Å². The Bertz CT molecular complexity index is 541. The fraction of sp³-hybridized carbons (Fsp3) is 0.467. The van der Waals surface area contributed by atoms with Gasteiger partial charge in [0.05, 0.1) is 19.8 Å². The molecular weight excluding hydrogens is 244 g/mol. The summed E-state index contributed by atoms with van der Waals surface area (Å²) < 4.78 is 10.0. The SMILES string of the molecule is COC(=O)C1(C(=O)c2c(C)cc(C)cc2OC)CC1. The molecule has 0 radical (unpaired) electrons. The number of rotatable bonds is 4. The second-order valence-corrected chi connectivity index (χ2v) is 5.06. The summed E-state index contributed by atoms with van der Waals surface area (Å²) in [6, 6.07) is 3.73. The van der Waals surface area contributed by atoms with Crippen LogP contribution in [0.25, 0.3) is 0 Å². The first kappa shape index (κ1) is 13.6. The van der Waals surface area contributed by atoms with Gasteiger partial charge >= 0.3 is 5.97 Å². The van der Waals surface area contributed by atoms with Gasteiger partial charge in [-0.2, -0.15) is 0 Å². The topological polar surface area (TPSA) is 52.6 Å². The molecule has 1 fully saturated rings. The van der Waals surface area contributed by atoms with Crippen molar-refractivity contribution in [2.75, 3.05) is 14.2 Å². The quantitative estimate of drug-likeness (QED) is 0.475. The fourth-order valence-corrected chi connectivity index (χ4v) is 2.46. The van der Waals surface area contributed by atoms with Crippen LogP contribution in [-0.2, 0) is 9.53 Å². The maximum Gasteiger partial charge on any atom is 0.319 e. The maximum atomic E-state index is 12.7. The molecule has 102 valence electrons. The lowest BCUT2D eigenvalue weighted by atomic mass is 9.90. The van der Waals surface area contributed by atoms with Crippen molar-refractivity contribution in [1.29, 1.82) is 0 Å². The molecule has 0 heterocycles. The van der Waals surface area contributed by atoms with E-state index in [2.05, 4.69) is 0 Å². The number of benzene rings is 1. The Morgan fingerprint density at radius 3 is 2.26 bits per heavy atom. The molecule has 0 atom stereocenters. The third kappa shape index (κ3) is 2.11. The Labute approximate surface area is 112 Å². The van der Waals surface area contributed by atoms with E-state index in [4.69, 9.17) is 9.47 Å². The lowest BCUT2D eigenvalue weighted by Gasteiger charge is -2.16. The van der Waals surface area contributed by atoms with E-state index in [1.165, 1.54) is 14.2 Å². The summed E-state index contributed by atoms with van der Waals surface area (Å²) in [4.78, 5) is 24.5. The highest BCUT2D eigenvalue weighted by Crippen LogP contribution is 2.50. The van der Waals surface area contributed by atoms with Crippen molar-refractivity contribution in [3.8, 4) is 5.75 Å². The minimum atomic E-state index is -0.984. The van der Waals surface area contributed by atoms with E-state index < -0.39 is 11.4 Å². The van der Waals surface area contributed by atoms with Crippen LogP contribution in [0.1, 0.15) is 34.3 Å². The predicted molar refractivity (Wildman–Crippen MR) is 70.5 cm³/mol. The number of Topliss-reactive ketones (excluding diaryl/α,β-unsaturated/α-hetero) is 1. The van der Waals surface area contributed by atoms with Gasteiger partial charge in [-0.3, -0.25) is 9.59 Å². The molecule has 0 bridgehead atoms. The van der Waals surface area contributed by atoms with Crippen LogP contribution >= 0.6 is 0 Å². The van der Waals surface area contributed by atoms with Crippen LogP contribution in [0.15, 0.2) is 12.1 Å². The first-order valence-electron chi connectivity index (χ1n) is 6.24. The average molecular weight is 262 g/mol. The highest BCUT2D eigenvalue weighted by molar-refractivity contribution is 6.16. The number of carbonyl (C=O) groups excluding carboxylic acids is 2. The van der Waals surface area contributed by atoms with Gasteiger partial charge in [0, 0.05) is 0 Å². The molecule has 1 aliphatic rings. The van der Waals surface area contributed by atoms with Gasteiger partial charge < -0.3 is 9.47 Å². The number of carbonyl (C=O) groups is 2. The molecule has 1 saturated carbocycles. The van der Waals surface area contributed by atoms with Crippen LogP contribution in [0.3, 0.4) is 0 Å². The molecule has 1 aromatic rings. The molecule has 19 heavy (non-hydrogen) atoms. The molecule has 0 unspecified atom stereocenters. The van der Waals surface area contributed by atoms with Gasteiger partial charge in [-0.05, 0) is 43.9 Å². The van der Waals surface area contributed by atoms with Crippen molar-refractivity contribution < 1.29 is 19.1 Å². The zero-order valence-corrected chi connectivity index (χ0v) is 11.7. The summed E-state index contributed by atoms with van der Waals surface area (Å²) in [5.41, 5.74) is 1.36. The van der Waals surface area contributed by atoms with Gasteiger partial charge in [0.2, 0.25) is 0 Å². The molecule has 0 spiro atoms. The Morgan fingerprint density at radius 2 is 1.79 bits per heavy atom. The van der Waals surface area contributed by atoms with Gasteiger partial charge in [-0.25, -0.2) is 0 Å². The number of aryl methyl sites for hydroxylation is 2. The molecule has 0 N–H and O–H groups in total. The molecule has 4 heteroatoms. The van der Waals surface area contributed by atoms with E-state index in [1.807, 2.05) is 26.0 Å². The number of hydrogen-bond acceptors (Lipinski definition) is 4. The van der Waals surface area contributed by atoms with Crippen LogP contribution in [0, 0.1) is 19.3 Å². The van der Waals surface area contributed by atoms with Crippen molar-refractivity contribution in [2.24, 2.45) is 5.41 Å². The minimum absolute atomic E-state index is 0.186. The lowest BCUT2D eigenvalue weighted by Crippen LogP contribution is -2.28. The molecule has 0 saturated heterocycles. The van der Waals surface area contributed by atoms with Crippen LogP contribution in [0.5, 0.6) is 5.75 Å². The summed E-state index contributed by atoms with van der Waals surface area (Å²) in [6.07, 6.45) is 1.10. The monoisotopic (exact) mass is 262 g/mol. The van der Waals surface area contributed by atoms with Crippen LogP contribution < -0.4 is 4.74 Å². The molecule has 0 aromatic heterocycles. The Balaban J connectivity index is 2.48. The zero-order valence-electron chi connectivity index (χ0n) is 11.7. The van der Waals surface area contributed by atoms with E-state index in [9.17, 15) is 9.59 Å². The molecule has 0 aliphatic heterocycles. The largest absolute Gasteiger partial charge is 0.496 e. The summed E-state index contributed by atoms with van der Waals surface area (Å²) in [5, 5.41) is 0. The van der Waals surface area contributed by atoms with Gasteiger partial charge in [-0.15, -0.1) is 0 Å². The maximum absolute atomic E-state index is 12.7. The lowest BCUT2D eigenvalue weighted by molar-refractivity contribution is -0.145. The first-order valence-corrected chi connectivity index (χ1v) is 6.24. The average Bonchev–Trinajstić information content (AvgIpc) is 3.17. The van der Waals surface area contributed by atoms with E-state index in [0.29, 0.717) is 24.2 Å². The molecular formula is C15H18O4. The number of hydrogen-bond donors (Lipinski definition) is 0. The van der Waals surface area contributed by atoms with E-state index in [-0.39, 0.29) is 5.78 Å². The van der Waals surface area contributed by atoms with Gasteiger partial charge in [0.1, 0.15) is 11.2 Å². The van der Waals surface area contributed by atoms with Crippen LogP contribution in [0.4, 0.5) is 0 Å². The fourth-order valence-electron chi connectivity index (χ4n) is 2.46. The van der Waals surface area contributed by atoms with Crippen LogP contribution in [-0.4, -0.2) is 26.0 Å². The van der Waals surface area contributed by atoms with Gasteiger partial charge in [0.25, 0.3) is 0 Å². The minimum Gasteiger partial charge on any atom is -0.496 e. The van der Waals surface area contributed by atoms with E-state index in [1.54, 1.807) is 0 Å². The molecule has 1 aliphatic carbocycles. The number of ketones is 1. The van der Waals surface area contributed by atoms with Gasteiger partial charge in [0.15, 0.2) is 5.78 Å². The molecule has 0 amide bonds. The summed E-state index contributed by atoms with van der Waals surface area (Å²) >= 11 is 0. The van der Waals surface area contributed by atoms with Crippen molar-refractivity contribution in [2.45, 2.75) is 26.7 Å². The number of methoxy groups -OCH3 is 2. The highest BCUT2D eigenvalue weighted by atomic mass is 16.5. The molecule has 4 nitrogen and oxygen atoms in total. The van der Waals surface area contributed by atoms with Gasteiger partial charge in [-0.1, -0.05) is 6.07 Å². The molecule has 2 rings (SSSR count). The predicted octanol–water partition coefficient (Wildman–Crippen LogP) is 2.45. The smallest absolute Gasteiger partial charge is 0.319 e. The van der Waals surface area contributed by atoms with Crippen molar-refractivity contribution >= 4 is 11.8 Å². The second kappa shape index (κ2) is 4.68. The Morgan fingerprint density at radius 1 is 1.16 bits per heavy atom. The summed E-state index contributed by atoms with van der Waals surface area (Å²) in [5.74, 6) is -0.106. The standard InChI is InChI=1S/C15H18O4/c1-9-7-10(2)12(11(8-9)18-3)13(16)15(5-6-15)14(17)19-4/h7-8H,5-6H2,1-4H3. The second-order valence-electron chi connectivity index (χ2n) is 5.06. The highest BCUT2D eigenvalue weighted by Gasteiger charge is 2.58. The summed E-state index contributed by atoms with van der Waals surface area (Å²) in [7, 11) is 2.84.